The fourth-order valence-electron chi connectivity index (χ4n) is 2.52. The van der Waals surface area contributed by atoms with Crippen molar-refractivity contribution in [2.24, 2.45) is 0 Å². The third-order valence-corrected chi connectivity index (χ3v) is 4.07. The predicted molar refractivity (Wildman–Crippen MR) is 87.7 cm³/mol. The second-order valence-electron chi connectivity index (χ2n) is 5.86. The summed E-state index contributed by atoms with van der Waals surface area (Å²) < 4.78 is 10.9. The molecule has 1 aliphatic heterocycles. The molecule has 2 heterocycles. The van der Waals surface area contributed by atoms with E-state index in [-0.39, 0.29) is 17.9 Å². The lowest BCUT2D eigenvalue weighted by Gasteiger charge is -2.32. The number of hydrogen-bond acceptors (Lipinski definition) is 6. The van der Waals surface area contributed by atoms with Crippen LogP contribution in [0.1, 0.15) is 28.2 Å². The van der Waals surface area contributed by atoms with Crippen molar-refractivity contribution < 1.29 is 14.1 Å². The van der Waals surface area contributed by atoms with Gasteiger partial charge in [0.15, 0.2) is 5.82 Å². The first-order chi connectivity index (χ1) is 11.5. The van der Waals surface area contributed by atoms with Crippen LogP contribution in [0, 0.1) is 0 Å². The summed E-state index contributed by atoms with van der Waals surface area (Å²) in [6, 6.07) is 7.66. The minimum Gasteiger partial charge on any atom is -0.371 e. The van der Waals surface area contributed by atoms with Gasteiger partial charge in [0.05, 0.1) is 19.3 Å². The normalized spacial score (nSPS) is 18.5. The monoisotopic (exact) mass is 350 g/mol. The molecular weight excluding hydrogens is 332 g/mol. The SMILES string of the molecule is CN(C)C(=O)c1nc(CN2CCOC(c3ccc(Cl)cc3)C2)no1. The molecule has 3 rings (SSSR count). The van der Waals surface area contributed by atoms with Gasteiger partial charge in [-0.05, 0) is 17.7 Å². The Hall–Kier alpha value is -1.96. The van der Waals surface area contributed by atoms with Crippen molar-refractivity contribution >= 4 is 17.5 Å². The maximum absolute atomic E-state index is 11.8. The van der Waals surface area contributed by atoms with E-state index < -0.39 is 0 Å². The highest BCUT2D eigenvalue weighted by Gasteiger charge is 2.24. The molecule has 0 aliphatic carbocycles. The van der Waals surface area contributed by atoms with Gasteiger partial charge in [0.25, 0.3) is 0 Å². The zero-order valence-corrected chi connectivity index (χ0v) is 14.4. The third-order valence-electron chi connectivity index (χ3n) is 3.81. The molecule has 128 valence electrons. The number of morpholine rings is 1. The number of aromatic nitrogens is 2. The molecular formula is C16H19ClN4O3. The number of carbonyl (C=O) groups is 1. The topological polar surface area (TPSA) is 71.7 Å². The first-order valence-corrected chi connectivity index (χ1v) is 8.04. The van der Waals surface area contributed by atoms with Crippen molar-refractivity contribution in [3.8, 4) is 0 Å². The smallest absolute Gasteiger partial charge is 0.316 e. The molecule has 1 aromatic carbocycles. The van der Waals surface area contributed by atoms with Crippen LogP contribution in [0.15, 0.2) is 28.8 Å². The molecule has 2 aromatic rings. The summed E-state index contributed by atoms with van der Waals surface area (Å²) >= 11 is 5.93. The molecule has 1 atom stereocenters. The van der Waals surface area contributed by atoms with Crippen LogP contribution in [-0.4, -0.2) is 59.6 Å². The second-order valence-corrected chi connectivity index (χ2v) is 6.30. The Kier molecular flexibility index (Phi) is 5.13. The number of ether oxygens (including phenoxy) is 1. The average Bonchev–Trinajstić information content (AvgIpc) is 3.03. The standard InChI is InChI=1S/C16H19ClN4O3/c1-20(2)16(22)15-18-14(19-24-15)10-21-7-8-23-13(9-21)11-3-5-12(17)6-4-11/h3-6,13H,7-10H2,1-2H3. The summed E-state index contributed by atoms with van der Waals surface area (Å²) in [5.41, 5.74) is 1.08. The van der Waals surface area contributed by atoms with E-state index in [1.54, 1.807) is 14.1 Å². The molecule has 1 aromatic heterocycles. The lowest BCUT2D eigenvalue weighted by Crippen LogP contribution is -2.38. The molecule has 0 radical (unpaired) electrons. The number of carbonyl (C=O) groups excluding carboxylic acids is 1. The fourth-order valence-corrected chi connectivity index (χ4v) is 2.65. The quantitative estimate of drug-likeness (QED) is 0.839. The lowest BCUT2D eigenvalue weighted by atomic mass is 10.1. The Labute approximate surface area is 145 Å². The number of amides is 1. The van der Waals surface area contributed by atoms with E-state index in [0.717, 1.165) is 12.1 Å². The van der Waals surface area contributed by atoms with Crippen LogP contribution in [0.3, 0.4) is 0 Å². The molecule has 0 bridgehead atoms. The van der Waals surface area contributed by atoms with Crippen molar-refractivity contribution in [3.63, 3.8) is 0 Å². The molecule has 1 aliphatic rings. The van der Waals surface area contributed by atoms with Crippen LogP contribution in [0.25, 0.3) is 0 Å². The van der Waals surface area contributed by atoms with Gasteiger partial charge >= 0.3 is 11.8 Å². The van der Waals surface area contributed by atoms with Crippen molar-refractivity contribution in [1.82, 2.24) is 19.9 Å². The van der Waals surface area contributed by atoms with Crippen LogP contribution in [0.4, 0.5) is 0 Å². The van der Waals surface area contributed by atoms with E-state index in [9.17, 15) is 4.79 Å². The highest BCUT2D eigenvalue weighted by Crippen LogP contribution is 2.24. The zero-order valence-electron chi connectivity index (χ0n) is 13.6. The molecule has 0 saturated carbocycles. The molecule has 1 unspecified atom stereocenters. The average molecular weight is 351 g/mol. The molecule has 1 fully saturated rings. The van der Waals surface area contributed by atoms with Crippen molar-refractivity contribution in [2.45, 2.75) is 12.6 Å². The van der Waals surface area contributed by atoms with Gasteiger partial charge in [-0.2, -0.15) is 4.98 Å². The molecule has 24 heavy (non-hydrogen) atoms. The van der Waals surface area contributed by atoms with Gasteiger partial charge in [-0.3, -0.25) is 9.69 Å². The molecule has 1 amide bonds. The van der Waals surface area contributed by atoms with E-state index in [4.69, 9.17) is 20.9 Å². The predicted octanol–water partition coefficient (Wildman–Crippen LogP) is 2.00. The van der Waals surface area contributed by atoms with Gasteiger partial charge in [0, 0.05) is 32.2 Å². The minimum absolute atomic E-state index is 0.0116. The molecule has 0 N–H and O–H groups in total. The summed E-state index contributed by atoms with van der Waals surface area (Å²) in [7, 11) is 3.29. The zero-order chi connectivity index (χ0) is 17.1. The number of halogens is 1. The van der Waals surface area contributed by atoms with Crippen molar-refractivity contribution in [1.29, 1.82) is 0 Å². The van der Waals surface area contributed by atoms with E-state index in [1.165, 1.54) is 4.90 Å². The Morgan fingerprint density at radius 3 is 2.83 bits per heavy atom. The number of hydrogen-bond donors (Lipinski definition) is 0. The Balaban J connectivity index is 1.63. The van der Waals surface area contributed by atoms with Gasteiger partial charge in [0.2, 0.25) is 0 Å². The maximum atomic E-state index is 11.8. The van der Waals surface area contributed by atoms with E-state index in [0.29, 0.717) is 30.5 Å². The Bertz CT molecular complexity index is 702. The van der Waals surface area contributed by atoms with Crippen molar-refractivity contribution in [2.75, 3.05) is 33.8 Å². The second kappa shape index (κ2) is 7.29. The summed E-state index contributed by atoms with van der Waals surface area (Å²) in [5, 5.41) is 4.59. The van der Waals surface area contributed by atoms with E-state index in [2.05, 4.69) is 15.0 Å². The summed E-state index contributed by atoms with van der Waals surface area (Å²) in [6.07, 6.45) is -0.0224. The minimum atomic E-state index is -0.297. The van der Waals surface area contributed by atoms with E-state index in [1.807, 2.05) is 24.3 Å². The molecule has 1 saturated heterocycles. The van der Waals surface area contributed by atoms with Crippen LogP contribution in [0.2, 0.25) is 5.02 Å². The van der Waals surface area contributed by atoms with Crippen LogP contribution in [-0.2, 0) is 11.3 Å². The van der Waals surface area contributed by atoms with Gasteiger partial charge in [0.1, 0.15) is 0 Å². The van der Waals surface area contributed by atoms with Gasteiger partial charge < -0.3 is 14.2 Å². The fraction of sp³-hybridized carbons (Fsp3) is 0.438. The van der Waals surface area contributed by atoms with Crippen LogP contribution < -0.4 is 0 Å². The first-order valence-electron chi connectivity index (χ1n) is 7.66. The van der Waals surface area contributed by atoms with Crippen molar-refractivity contribution in [3.05, 3.63) is 46.6 Å². The Morgan fingerprint density at radius 1 is 1.38 bits per heavy atom. The van der Waals surface area contributed by atoms with Gasteiger partial charge in [-0.15, -0.1) is 0 Å². The molecule has 0 spiro atoms. The summed E-state index contributed by atoms with van der Waals surface area (Å²) in [4.78, 5) is 19.5. The van der Waals surface area contributed by atoms with Gasteiger partial charge in [-0.1, -0.05) is 28.9 Å². The number of rotatable bonds is 4. The largest absolute Gasteiger partial charge is 0.371 e. The van der Waals surface area contributed by atoms with Crippen LogP contribution >= 0.6 is 11.6 Å². The summed E-state index contributed by atoms with van der Waals surface area (Å²) in [6.45, 7) is 2.62. The van der Waals surface area contributed by atoms with Crippen LogP contribution in [0.5, 0.6) is 0 Å². The lowest BCUT2D eigenvalue weighted by molar-refractivity contribution is -0.0338. The number of nitrogens with zero attached hydrogens (tertiary/aromatic N) is 4. The Morgan fingerprint density at radius 2 is 2.12 bits per heavy atom. The highest BCUT2D eigenvalue weighted by atomic mass is 35.5. The number of benzene rings is 1. The molecule has 8 heteroatoms. The first kappa shape index (κ1) is 16.9. The highest BCUT2D eigenvalue weighted by molar-refractivity contribution is 6.30. The van der Waals surface area contributed by atoms with E-state index >= 15 is 0 Å². The van der Waals surface area contributed by atoms with Gasteiger partial charge in [-0.25, -0.2) is 0 Å². The third kappa shape index (κ3) is 3.92. The summed E-state index contributed by atoms with van der Waals surface area (Å²) in [5.74, 6) is 0.212. The maximum Gasteiger partial charge on any atom is 0.316 e. The molecule has 7 nitrogen and oxygen atoms in total.